The summed E-state index contributed by atoms with van der Waals surface area (Å²) in [5.41, 5.74) is 0.816. The molecule has 0 radical (unpaired) electrons. The summed E-state index contributed by atoms with van der Waals surface area (Å²) in [6.07, 6.45) is 1.96. The van der Waals surface area contributed by atoms with Crippen molar-refractivity contribution in [3.8, 4) is 0 Å². The lowest BCUT2D eigenvalue weighted by molar-refractivity contribution is -0.692. The number of para-hydroxylation sites is 1. The van der Waals surface area contributed by atoms with Gasteiger partial charge in [0, 0.05) is 11.5 Å². The maximum Gasteiger partial charge on any atom is 0.231 e. The number of aromatic nitrogens is 1. The molecule has 3 nitrogen and oxygen atoms in total. The smallest absolute Gasteiger partial charge is 0.223 e. The van der Waals surface area contributed by atoms with Gasteiger partial charge >= 0.3 is 0 Å². The van der Waals surface area contributed by atoms with Crippen LogP contribution >= 0.6 is 0 Å². The van der Waals surface area contributed by atoms with Gasteiger partial charge in [-0.1, -0.05) is 33.8 Å². The number of nitrogens with zero attached hydrogens (tertiary/aromatic N) is 1. The van der Waals surface area contributed by atoms with Crippen LogP contribution < -0.4 is 4.57 Å². The third-order valence-electron chi connectivity index (χ3n) is 4.35. The van der Waals surface area contributed by atoms with Crippen molar-refractivity contribution in [2.24, 2.45) is 11.8 Å². The van der Waals surface area contributed by atoms with Gasteiger partial charge in [0.1, 0.15) is 4.90 Å². The zero-order chi connectivity index (χ0) is 17.4. The highest BCUT2D eigenvalue weighted by atomic mass is 32.2. The fraction of sp³-hybridized carbons (Fsp3) is 0.526. The molecule has 0 unspecified atom stereocenters. The second kappa shape index (κ2) is 6.60. The fourth-order valence-corrected chi connectivity index (χ4v) is 6.04. The Hall–Kier alpha value is -1.42. The molecule has 0 aliphatic heterocycles. The van der Waals surface area contributed by atoms with Crippen LogP contribution in [-0.4, -0.2) is 13.7 Å². The first-order valence-electron chi connectivity index (χ1n) is 8.34. The average molecular weight is 335 g/mol. The topological polar surface area (TPSA) is 38.0 Å². The number of fused-ring (bicyclic) bond motifs is 1. The monoisotopic (exact) mass is 334 g/mol. The molecule has 126 valence electrons. The first-order chi connectivity index (χ1) is 10.7. The maximum atomic E-state index is 13.4. The third kappa shape index (κ3) is 3.27. The molecule has 0 aliphatic carbocycles. The van der Waals surface area contributed by atoms with Crippen molar-refractivity contribution >= 4 is 20.7 Å². The standard InChI is InChI=1S/C19H28NO2S/c1-13(2)19(14(3)4)23(21,22)17-11-7-9-16-10-8-12-20(15(5)6)18(16)17/h7-15,19H,1-6H3/q+1. The number of rotatable bonds is 5. The fourth-order valence-electron chi connectivity index (χ4n) is 3.56. The van der Waals surface area contributed by atoms with E-state index < -0.39 is 9.84 Å². The van der Waals surface area contributed by atoms with E-state index in [1.54, 1.807) is 6.07 Å². The minimum atomic E-state index is -3.40. The summed E-state index contributed by atoms with van der Waals surface area (Å²) < 4.78 is 28.8. The molecule has 0 spiro atoms. The van der Waals surface area contributed by atoms with Crippen LogP contribution in [-0.2, 0) is 9.84 Å². The molecule has 1 aromatic carbocycles. The lowest BCUT2D eigenvalue weighted by atomic mass is 10.0. The van der Waals surface area contributed by atoms with Crippen LogP contribution in [0.4, 0.5) is 0 Å². The first-order valence-corrected chi connectivity index (χ1v) is 9.89. The highest BCUT2D eigenvalue weighted by molar-refractivity contribution is 7.92. The summed E-state index contributed by atoms with van der Waals surface area (Å²) in [4.78, 5) is 0.455. The number of hydrogen-bond acceptors (Lipinski definition) is 2. The Balaban J connectivity index is 2.82. The normalized spacial score (nSPS) is 13.0. The molecule has 0 aliphatic rings. The van der Waals surface area contributed by atoms with Crippen LogP contribution in [0.15, 0.2) is 41.4 Å². The van der Waals surface area contributed by atoms with E-state index in [0.717, 1.165) is 10.9 Å². The minimum Gasteiger partial charge on any atom is -0.223 e. The van der Waals surface area contributed by atoms with Gasteiger partial charge in [0.15, 0.2) is 22.1 Å². The van der Waals surface area contributed by atoms with Crippen molar-refractivity contribution in [1.82, 2.24) is 0 Å². The summed E-state index contributed by atoms with van der Waals surface area (Å²) in [5, 5.41) is 0.586. The Morgan fingerprint density at radius 1 is 0.870 bits per heavy atom. The van der Waals surface area contributed by atoms with Crippen LogP contribution in [0.2, 0.25) is 0 Å². The molecule has 0 N–H and O–H groups in total. The summed E-state index contributed by atoms with van der Waals surface area (Å²) in [7, 11) is -3.40. The second-order valence-corrected chi connectivity index (χ2v) is 9.28. The molecule has 1 aromatic heterocycles. The predicted molar refractivity (Wildman–Crippen MR) is 95.2 cm³/mol. The zero-order valence-corrected chi connectivity index (χ0v) is 15.8. The summed E-state index contributed by atoms with van der Waals surface area (Å²) in [6, 6.07) is 9.74. The quantitative estimate of drug-likeness (QED) is 0.770. The molecule has 2 rings (SSSR count). The summed E-state index contributed by atoms with van der Waals surface area (Å²) >= 11 is 0. The molecule has 2 aromatic rings. The van der Waals surface area contributed by atoms with Gasteiger partial charge in [-0.25, -0.2) is 8.42 Å². The van der Waals surface area contributed by atoms with Gasteiger partial charge in [0.05, 0.1) is 5.25 Å². The SMILES string of the molecule is CC(C)C(C(C)C)S(=O)(=O)c1cccc2ccc[n+](C(C)C)c12. The molecule has 23 heavy (non-hydrogen) atoms. The van der Waals surface area contributed by atoms with E-state index in [-0.39, 0.29) is 23.1 Å². The molecule has 1 heterocycles. The van der Waals surface area contributed by atoms with E-state index in [1.807, 2.05) is 58.2 Å². The van der Waals surface area contributed by atoms with Crippen molar-refractivity contribution in [3.63, 3.8) is 0 Å². The van der Waals surface area contributed by atoms with Crippen LogP contribution in [0.3, 0.4) is 0 Å². The first kappa shape index (κ1) is 17.9. The molecule has 0 amide bonds. The van der Waals surface area contributed by atoms with E-state index in [9.17, 15) is 8.42 Å². The molecule has 0 fully saturated rings. The maximum absolute atomic E-state index is 13.4. The number of hydrogen-bond donors (Lipinski definition) is 0. The highest BCUT2D eigenvalue weighted by Gasteiger charge is 2.36. The van der Waals surface area contributed by atoms with E-state index in [1.165, 1.54) is 0 Å². The minimum absolute atomic E-state index is 0.0754. The van der Waals surface area contributed by atoms with Crippen molar-refractivity contribution in [2.75, 3.05) is 0 Å². The Kier molecular flexibility index (Phi) is 5.14. The van der Waals surface area contributed by atoms with Crippen LogP contribution in [0.5, 0.6) is 0 Å². The Morgan fingerprint density at radius 3 is 1.96 bits per heavy atom. The highest BCUT2D eigenvalue weighted by Crippen LogP contribution is 2.30. The lowest BCUT2D eigenvalue weighted by Gasteiger charge is -2.25. The van der Waals surface area contributed by atoms with Crippen molar-refractivity contribution in [3.05, 3.63) is 36.5 Å². The molecular weight excluding hydrogens is 306 g/mol. The third-order valence-corrected chi connectivity index (χ3v) is 7.09. The van der Waals surface area contributed by atoms with Crippen LogP contribution in [0, 0.1) is 11.8 Å². The lowest BCUT2D eigenvalue weighted by Crippen LogP contribution is -2.39. The predicted octanol–water partition coefficient (Wildman–Crippen LogP) is 4.16. The number of pyridine rings is 1. The van der Waals surface area contributed by atoms with Crippen molar-refractivity contribution in [1.29, 1.82) is 0 Å². The van der Waals surface area contributed by atoms with Gasteiger partial charge in [0.25, 0.3) is 0 Å². The van der Waals surface area contributed by atoms with Crippen LogP contribution in [0.1, 0.15) is 47.6 Å². The molecule has 0 atom stereocenters. The molecule has 0 saturated heterocycles. The van der Waals surface area contributed by atoms with Gasteiger partial charge in [-0.05, 0) is 43.9 Å². The summed E-state index contributed by atoms with van der Waals surface area (Å²) in [6.45, 7) is 12.1. The molecular formula is C19H28NO2S+. The van der Waals surface area contributed by atoms with Crippen molar-refractivity contribution < 1.29 is 13.0 Å². The molecule has 4 heteroatoms. The van der Waals surface area contributed by atoms with Gasteiger partial charge in [0.2, 0.25) is 5.52 Å². The summed E-state index contributed by atoms with van der Waals surface area (Å²) in [5.74, 6) is 0.151. The molecule has 0 bridgehead atoms. The van der Waals surface area contributed by atoms with Gasteiger partial charge in [-0.15, -0.1) is 0 Å². The van der Waals surface area contributed by atoms with Gasteiger partial charge in [-0.2, -0.15) is 4.57 Å². The van der Waals surface area contributed by atoms with Crippen molar-refractivity contribution in [2.45, 2.75) is 57.7 Å². The van der Waals surface area contributed by atoms with Crippen LogP contribution in [0.25, 0.3) is 10.9 Å². The van der Waals surface area contributed by atoms with Gasteiger partial charge < -0.3 is 0 Å². The average Bonchev–Trinajstić information content (AvgIpc) is 2.44. The van der Waals surface area contributed by atoms with Gasteiger partial charge in [-0.3, -0.25) is 0 Å². The second-order valence-electron chi connectivity index (χ2n) is 7.20. The largest absolute Gasteiger partial charge is 0.231 e. The van der Waals surface area contributed by atoms with E-state index in [2.05, 4.69) is 18.4 Å². The molecule has 0 saturated carbocycles. The number of sulfone groups is 1. The zero-order valence-electron chi connectivity index (χ0n) is 14.9. The Labute approximate surface area is 140 Å². The van der Waals surface area contributed by atoms with E-state index >= 15 is 0 Å². The number of benzene rings is 1. The van der Waals surface area contributed by atoms with E-state index in [4.69, 9.17) is 0 Å². The van der Waals surface area contributed by atoms with E-state index in [0.29, 0.717) is 4.90 Å². The Bertz CT molecular complexity index is 779. The Morgan fingerprint density at radius 2 is 1.43 bits per heavy atom.